The van der Waals surface area contributed by atoms with Gasteiger partial charge in [-0.2, -0.15) is 13.2 Å². The lowest BCUT2D eigenvalue weighted by molar-refractivity contribution is -0.137. The second kappa shape index (κ2) is 7.62. The lowest BCUT2D eigenvalue weighted by Gasteiger charge is -2.33. The molecule has 0 unspecified atom stereocenters. The topological polar surface area (TPSA) is 45.2 Å². The highest BCUT2D eigenvalue weighted by atomic mass is 19.4. The van der Waals surface area contributed by atoms with Gasteiger partial charge in [0.2, 0.25) is 5.91 Å². The van der Waals surface area contributed by atoms with Gasteiger partial charge in [-0.1, -0.05) is 19.3 Å². The molecule has 0 spiro atoms. The summed E-state index contributed by atoms with van der Waals surface area (Å²) >= 11 is 0. The Labute approximate surface area is 145 Å². The molecule has 1 aliphatic carbocycles. The van der Waals surface area contributed by atoms with Crippen LogP contribution >= 0.6 is 0 Å². The third-order valence-electron chi connectivity index (χ3n) is 5.22. The van der Waals surface area contributed by atoms with Crippen LogP contribution in [0.2, 0.25) is 0 Å². The Morgan fingerprint density at radius 3 is 2.32 bits per heavy atom. The van der Waals surface area contributed by atoms with Crippen LogP contribution in [0.15, 0.2) is 18.3 Å². The summed E-state index contributed by atoms with van der Waals surface area (Å²) in [5, 5.41) is 3.17. The van der Waals surface area contributed by atoms with Crippen molar-refractivity contribution in [3.05, 3.63) is 23.9 Å². The summed E-state index contributed by atoms with van der Waals surface area (Å²) in [5.41, 5.74) is -0.738. The number of rotatable bonds is 3. The minimum Gasteiger partial charge on any atom is -0.357 e. The molecule has 0 bridgehead atoms. The molecule has 1 amide bonds. The molecule has 1 aromatic heterocycles. The minimum absolute atomic E-state index is 0.00683. The van der Waals surface area contributed by atoms with E-state index in [1.165, 1.54) is 25.3 Å². The van der Waals surface area contributed by atoms with E-state index in [1.807, 2.05) is 4.90 Å². The second-order valence-electron chi connectivity index (χ2n) is 7.01. The van der Waals surface area contributed by atoms with Gasteiger partial charge in [-0.25, -0.2) is 4.98 Å². The predicted octanol–water partition coefficient (Wildman–Crippen LogP) is 3.77. The molecule has 1 aliphatic heterocycles. The molecule has 2 aliphatic rings. The van der Waals surface area contributed by atoms with Crippen molar-refractivity contribution >= 4 is 11.7 Å². The van der Waals surface area contributed by atoms with Crippen LogP contribution in [0.4, 0.5) is 19.0 Å². The number of piperidine rings is 1. The van der Waals surface area contributed by atoms with E-state index in [-0.39, 0.29) is 11.8 Å². The van der Waals surface area contributed by atoms with Gasteiger partial charge in [0.05, 0.1) is 5.56 Å². The SMILES string of the molecule is O=C(NC1CCCCC1)C1CCN(c2ccc(C(F)(F)F)cn2)CC1. The molecule has 3 rings (SSSR count). The van der Waals surface area contributed by atoms with Gasteiger partial charge in [0.1, 0.15) is 5.82 Å². The van der Waals surface area contributed by atoms with Crippen molar-refractivity contribution in [2.45, 2.75) is 57.2 Å². The zero-order valence-corrected chi connectivity index (χ0v) is 14.2. The summed E-state index contributed by atoms with van der Waals surface area (Å²) in [6.45, 7) is 1.28. The summed E-state index contributed by atoms with van der Waals surface area (Å²) < 4.78 is 37.8. The Morgan fingerprint density at radius 1 is 1.08 bits per heavy atom. The first-order valence-corrected chi connectivity index (χ1v) is 9.02. The van der Waals surface area contributed by atoms with Gasteiger partial charge in [-0.05, 0) is 37.8 Å². The van der Waals surface area contributed by atoms with Gasteiger partial charge in [0, 0.05) is 31.2 Å². The lowest BCUT2D eigenvalue weighted by atomic mass is 9.92. The first-order valence-electron chi connectivity index (χ1n) is 9.02. The molecule has 0 radical (unpaired) electrons. The van der Waals surface area contributed by atoms with Crippen LogP contribution in [0, 0.1) is 5.92 Å². The minimum atomic E-state index is -4.37. The van der Waals surface area contributed by atoms with Crippen LogP contribution < -0.4 is 10.2 Å². The molecule has 138 valence electrons. The van der Waals surface area contributed by atoms with Crippen molar-refractivity contribution in [3.63, 3.8) is 0 Å². The van der Waals surface area contributed by atoms with Gasteiger partial charge in [-0.3, -0.25) is 4.79 Å². The van der Waals surface area contributed by atoms with Crippen molar-refractivity contribution in [2.75, 3.05) is 18.0 Å². The van der Waals surface area contributed by atoms with Crippen molar-refractivity contribution < 1.29 is 18.0 Å². The molecule has 1 N–H and O–H groups in total. The normalized spacial score (nSPS) is 20.5. The molecule has 4 nitrogen and oxygen atoms in total. The number of alkyl halides is 3. The van der Waals surface area contributed by atoms with Gasteiger partial charge >= 0.3 is 6.18 Å². The molecule has 2 fully saturated rings. The van der Waals surface area contributed by atoms with Crippen LogP contribution in [-0.4, -0.2) is 30.0 Å². The average Bonchev–Trinajstić information content (AvgIpc) is 2.62. The molecule has 0 atom stereocenters. The number of halogens is 3. The highest BCUT2D eigenvalue weighted by molar-refractivity contribution is 5.79. The highest BCUT2D eigenvalue weighted by Crippen LogP contribution is 2.30. The molecular formula is C18H24F3N3O. The number of carbonyl (C=O) groups is 1. The maximum atomic E-state index is 12.6. The molecule has 2 heterocycles. The second-order valence-corrected chi connectivity index (χ2v) is 7.01. The number of carbonyl (C=O) groups excluding carboxylic acids is 1. The summed E-state index contributed by atoms with van der Waals surface area (Å²) in [6.07, 6.45) is 3.69. The van der Waals surface area contributed by atoms with E-state index in [1.54, 1.807) is 0 Å². The number of anilines is 1. The Hall–Kier alpha value is -1.79. The van der Waals surface area contributed by atoms with Crippen LogP contribution in [0.25, 0.3) is 0 Å². The number of hydrogen-bond acceptors (Lipinski definition) is 3. The highest BCUT2D eigenvalue weighted by Gasteiger charge is 2.31. The molecule has 1 aromatic rings. The van der Waals surface area contributed by atoms with Crippen molar-refractivity contribution in [1.29, 1.82) is 0 Å². The smallest absolute Gasteiger partial charge is 0.357 e. The van der Waals surface area contributed by atoms with E-state index in [2.05, 4.69) is 10.3 Å². The molecular weight excluding hydrogens is 331 g/mol. The van der Waals surface area contributed by atoms with Crippen molar-refractivity contribution in [2.24, 2.45) is 5.92 Å². The molecule has 7 heteroatoms. The fourth-order valence-electron chi connectivity index (χ4n) is 3.68. The Balaban J connectivity index is 1.50. The van der Waals surface area contributed by atoms with E-state index in [9.17, 15) is 18.0 Å². The monoisotopic (exact) mass is 355 g/mol. The quantitative estimate of drug-likeness (QED) is 0.898. The van der Waals surface area contributed by atoms with Crippen LogP contribution in [0.3, 0.4) is 0 Å². The molecule has 1 saturated carbocycles. The summed E-state index contributed by atoms with van der Waals surface area (Å²) in [4.78, 5) is 18.3. The zero-order valence-electron chi connectivity index (χ0n) is 14.2. The summed E-state index contributed by atoms with van der Waals surface area (Å²) in [5.74, 6) is 0.665. The molecule has 0 aromatic carbocycles. The first-order chi connectivity index (χ1) is 11.9. The van der Waals surface area contributed by atoms with Crippen molar-refractivity contribution in [3.8, 4) is 0 Å². The number of nitrogens with one attached hydrogen (secondary N) is 1. The Morgan fingerprint density at radius 2 is 1.76 bits per heavy atom. The van der Waals surface area contributed by atoms with Gasteiger partial charge in [0.15, 0.2) is 0 Å². The van der Waals surface area contributed by atoms with E-state index in [0.717, 1.165) is 25.1 Å². The summed E-state index contributed by atoms with van der Waals surface area (Å²) in [6, 6.07) is 2.78. The maximum absolute atomic E-state index is 12.6. The molecule has 1 saturated heterocycles. The van der Waals surface area contributed by atoms with E-state index < -0.39 is 11.7 Å². The zero-order chi connectivity index (χ0) is 17.9. The van der Waals surface area contributed by atoms with Gasteiger partial charge < -0.3 is 10.2 Å². The number of amides is 1. The van der Waals surface area contributed by atoms with E-state index in [4.69, 9.17) is 0 Å². The largest absolute Gasteiger partial charge is 0.417 e. The van der Waals surface area contributed by atoms with Crippen molar-refractivity contribution in [1.82, 2.24) is 10.3 Å². The standard InChI is InChI=1S/C18H24F3N3O/c19-18(20,21)14-6-7-16(22-12-14)24-10-8-13(9-11-24)17(25)23-15-4-2-1-3-5-15/h6-7,12-13,15H,1-5,8-11H2,(H,23,25). The van der Waals surface area contributed by atoms with Gasteiger partial charge in [-0.15, -0.1) is 0 Å². The van der Waals surface area contributed by atoms with Crippen LogP contribution in [-0.2, 0) is 11.0 Å². The summed E-state index contributed by atoms with van der Waals surface area (Å²) in [7, 11) is 0. The maximum Gasteiger partial charge on any atom is 0.417 e. The van der Waals surface area contributed by atoms with E-state index >= 15 is 0 Å². The fourth-order valence-corrected chi connectivity index (χ4v) is 3.68. The number of hydrogen-bond donors (Lipinski definition) is 1. The van der Waals surface area contributed by atoms with E-state index in [0.29, 0.717) is 37.8 Å². The third kappa shape index (κ3) is 4.64. The van der Waals surface area contributed by atoms with Crippen LogP contribution in [0.5, 0.6) is 0 Å². The lowest BCUT2D eigenvalue weighted by Crippen LogP contribution is -2.44. The number of aromatic nitrogens is 1. The van der Waals surface area contributed by atoms with Crippen LogP contribution in [0.1, 0.15) is 50.5 Å². The number of nitrogens with zero attached hydrogens (tertiary/aromatic N) is 2. The first kappa shape index (κ1) is 18.0. The Kier molecular flexibility index (Phi) is 5.49. The Bertz CT molecular complexity index is 574. The molecule has 25 heavy (non-hydrogen) atoms. The average molecular weight is 355 g/mol. The third-order valence-corrected chi connectivity index (χ3v) is 5.22. The fraction of sp³-hybridized carbons (Fsp3) is 0.667. The van der Waals surface area contributed by atoms with Gasteiger partial charge in [0.25, 0.3) is 0 Å². The predicted molar refractivity (Wildman–Crippen MR) is 89.2 cm³/mol. The number of pyridine rings is 1.